The van der Waals surface area contributed by atoms with Gasteiger partial charge in [-0.15, -0.1) is 0 Å². The highest BCUT2D eigenvalue weighted by Crippen LogP contribution is 2.25. The van der Waals surface area contributed by atoms with E-state index in [0.29, 0.717) is 18.4 Å². The molecular formula is C15H28N4O. The Morgan fingerprint density at radius 3 is 2.45 bits per heavy atom. The summed E-state index contributed by atoms with van der Waals surface area (Å²) in [6.45, 7) is 11.7. The summed E-state index contributed by atoms with van der Waals surface area (Å²) in [6.07, 6.45) is 2.18. The van der Waals surface area contributed by atoms with E-state index in [1.165, 1.54) is 0 Å². The van der Waals surface area contributed by atoms with Gasteiger partial charge in [0.15, 0.2) is 0 Å². The van der Waals surface area contributed by atoms with Crippen molar-refractivity contribution in [2.75, 3.05) is 18.4 Å². The first-order chi connectivity index (χ1) is 9.44. The van der Waals surface area contributed by atoms with E-state index < -0.39 is 0 Å². The molecule has 1 aromatic rings. The topological polar surface area (TPSA) is 73.1 Å². The SMILES string of the molecule is CCC(CC)(CN)CNc1nc(C)cc(OC(C)C)n1. The van der Waals surface area contributed by atoms with Gasteiger partial charge >= 0.3 is 0 Å². The van der Waals surface area contributed by atoms with Gasteiger partial charge in [-0.05, 0) is 45.6 Å². The second-order valence-corrected chi connectivity index (χ2v) is 5.60. The number of anilines is 1. The number of aromatic nitrogens is 2. The Balaban J connectivity index is 2.79. The first-order valence-corrected chi connectivity index (χ1v) is 7.41. The Kier molecular flexibility index (Phi) is 6.20. The lowest BCUT2D eigenvalue weighted by atomic mass is 9.82. The van der Waals surface area contributed by atoms with Gasteiger partial charge in [-0.3, -0.25) is 0 Å². The fourth-order valence-electron chi connectivity index (χ4n) is 2.05. The van der Waals surface area contributed by atoms with Crippen LogP contribution in [0.3, 0.4) is 0 Å². The average Bonchev–Trinajstić information content (AvgIpc) is 2.39. The van der Waals surface area contributed by atoms with Crippen LogP contribution in [-0.4, -0.2) is 29.2 Å². The smallest absolute Gasteiger partial charge is 0.226 e. The normalized spacial score (nSPS) is 11.8. The predicted molar refractivity (Wildman–Crippen MR) is 83.1 cm³/mol. The third-order valence-electron chi connectivity index (χ3n) is 3.74. The summed E-state index contributed by atoms with van der Waals surface area (Å²) in [5, 5.41) is 3.31. The molecule has 1 rings (SSSR count). The number of rotatable bonds is 8. The summed E-state index contributed by atoms with van der Waals surface area (Å²) in [5.74, 6) is 1.22. The second-order valence-electron chi connectivity index (χ2n) is 5.60. The molecule has 1 heterocycles. The number of nitrogens with two attached hydrogens (primary N) is 1. The van der Waals surface area contributed by atoms with Gasteiger partial charge < -0.3 is 15.8 Å². The van der Waals surface area contributed by atoms with Crippen molar-refractivity contribution in [1.29, 1.82) is 0 Å². The van der Waals surface area contributed by atoms with E-state index in [0.717, 1.165) is 25.1 Å². The number of nitrogens with one attached hydrogen (secondary N) is 1. The molecule has 0 spiro atoms. The highest BCUT2D eigenvalue weighted by Gasteiger charge is 2.24. The molecule has 3 N–H and O–H groups in total. The van der Waals surface area contributed by atoms with E-state index in [9.17, 15) is 0 Å². The van der Waals surface area contributed by atoms with Crippen molar-refractivity contribution in [3.05, 3.63) is 11.8 Å². The molecule has 5 heteroatoms. The molecule has 0 unspecified atom stereocenters. The Labute approximate surface area is 122 Å². The van der Waals surface area contributed by atoms with Gasteiger partial charge in [0.25, 0.3) is 0 Å². The maximum atomic E-state index is 5.91. The summed E-state index contributed by atoms with van der Waals surface area (Å²) in [5.41, 5.74) is 6.91. The van der Waals surface area contributed by atoms with Crippen molar-refractivity contribution in [3.8, 4) is 5.88 Å². The largest absolute Gasteiger partial charge is 0.475 e. The van der Waals surface area contributed by atoms with Crippen LogP contribution in [0.1, 0.15) is 46.2 Å². The van der Waals surface area contributed by atoms with Crippen LogP contribution in [0.4, 0.5) is 5.95 Å². The maximum absolute atomic E-state index is 5.91. The van der Waals surface area contributed by atoms with Gasteiger partial charge in [0.05, 0.1) is 6.10 Å². The number of hydrogen-bond acceptors (Lipinski definition) is 5. The molecule has 0 bridgehead atoms. The summed E-state index contributed by atoms with van der Waals surface area (Å²) in [7, 11) is 0. The third-order valence-corrected chi connectivity index (χ3v) is 3.74. The molecule has 0 aromatic carbocycles. The molecule has 0 amide bonds. The molecule has 0 saturated heterocycles. The summed E-state index contributed by atoms with van der Waals surface area (Å²) in [4.78, 5) is 8.80. The van der Waals surface area contributed by atoms with Gasteiger partial charge in [0.2, 0.25) is 11.8 Å². The quantitative estimate of drug-likeness (QED) is 0.766. The van der Waals surface area contributed by atoms with Gasteiger partial charge in [0, 0.05) is 18.3 Å². The first kappa shape index (κ1) is 16.7. The van der Waals surface area contributed by atoms with Crippen molar-refractivity contribution in [2.45, 2.75) is 53.6 Å². The highest BCUT2D eigenvalue weighted by molar-refractivity contribution is 5.31. The van der Waals surface area contributed by atoms with Crippen LogP contribution in [0, 0.1) is 12.3 Å². The molecule has 0 aliphatic rings. The summed E-state index contributed by atoms with van der Waals surface area (Å²) >= 11 is 0. The van der Waals surface area contributed by atoms with Gasteiger partial charge in [-0.25, -0.2) is 4.98 Å². The van der Waals surface area contributed by atoms with E-state index in [2.05, 4.69) is 29.1 Å². The van der Waals surface area contributed by atoms with Crippen molar-refractivity contribution in [3.63, 3.8) is 0 Å². The molecule has 0 atom stereocenters. The number of ether oxygens (including phenoxy) is 1. The van der Waals surface area contributed by atoms with Crippen LogP contribution in [0.15, 0.2) is 6.07 Å². The molecule has 1 aromatic heterocycles. The Hall–Kier alpha value is -1.36. The molecular weight excluding hydrogens is 252 g/mol. The fourth-order valence-corrected chi connectivity index (χ4v) is 2.05. The minimum absolute atomic E-state index is 0.103. The van der Waals surface area contributed by atoms with Gasteiger partial charge in [0.1, 0.15) is 0 Å². The van der Waals surface area contributed by atoms with Crippen molar-refractivity contribution in [2.24, 2.45) is 11.1 Å². The minimum Gasteiger partial charge on any atom is -0.475 e. The standard InChI is InChI=1S/C15H28N4O/c1-6-15(7-2,9-16)10-17-14-18-12(5)8-13(19-14)20-11(3)4/h8,11H,6-7,9-10,16H2,1-5H3,(H,17,18,19). The highest BCUT2D eigenvalue weighted by atomic mass is 16.5. The Bertz CT molecular complexity index is 408. The molecule has 114 valence electrons. The van der Waals surface area contributed by atoms with Crippen LogP contribution in [0.25, 0.3) is 0 Å². The van der Waals surface area contributed by atoms with Gasteiger partial charge in [-0.2, -0.15) is 4.98 Å². The lowest BCUT2D eigenvalue weighted by Gasteiger charge is -2.30. The van der Waals surface area contributed by atoms with Crippen molar-refractivity contribution in [1.82, 2.24) is 9.97 Å². The predicted octanol–water partition coefficient (Wildman–Crippen LogP) is 2.75. The Morgan fingerprint density at radius 1 is 1.30 bits per heavy atom. The first-order valence-electron chi connectivity index (χ1n) is 7.41. The molecule has 0 saturated carbocycles. The van der Waals surface area contributed by atoms with E-state index in [4.69, 9.17) is 10.5 Å². The van der Waals surface area contributed by atoms with Gasteiger partial charge in [-0.1, -0.05) is 13.8 Å². The fraction of sp³-hybridized carbons (Fsp3) is 0.733. The zero-order valence-corrected chi connectivity index (χ0v) is 13.4. The van der Waals surface area contributed by atoms with Crippen LogP contribution < -0.4 is 15.8 Å². The third kappa shape index (κ3) is 4.63. The monoisotopic (exact) mass is 280 g/mol. The Morgan fingerprint density at radius 2 is 1.95 bits per heavy atom. The van der Waals surface area contributed by atoms with Crippen molar-refractivity contribution >= 4 is 5.95 Å². The zero-order chi connectivity index (χ0) is 15.2. The summed E-state index contributed by atoms with van der Waals surface area (Å²) < 4.78 is 5.63. The van der Waals surface area contributed by atoms with Crippen molar-refractivity contribution < 1.29 is 4.74 Å². The lowest BCUT2D eigenvalue weighted by molar-refractivity contribution is 0.232. The number of nitrogens with zero attached hydrogens (tertiary/aromatic N) is 2. The minimum atomic E-state index is 0.103. The molecule has 0 fully saturated rings. The zero-order valence-electron chi connectivity index (χ0n) is 13.4. The van der Waals surface area contributed by atoms with E-state index in [1.54, 1.807) is 0 Å². The molecule has 0 radical (unpaired) electrons. The van der Waals surface area contributed by atoms with Crippen LogP contribution >= 0.6 is 0 Å². The average molecular weight is 280 g/mol. The number of hydrogen-bond donors (Lipinski definition) is 2. The van der Waals surface area contributed by atoms with E-state index in [1.807, 2.05) is 26.8 Å². The second kappa shape index (κ2) is 7.43. The number of aryl methyl sites for hydroxylation is 1. The van der Waals surface area contributed by atoms with E-state index in [-0.39, 0.29) is 11.5 Å². The summed E-state index contributed by atoms with van der Waals surface area (Å²) in [6, 6.07) is 1.85. The molecule has 0 aliphatic carbocycles. The lowest BCUT2D eigenvalue weighted by Crippen LogP contribution is -2.36. The van der Waals surface area contributed by atoms with Crippen LogP contribution in [0.2, 0.25) is 0 Å². The van der Waals surface area contributed by atoms with E-state index >= 15 is 0 Å². The maximum Gasteiger partial charge on any atom is 0.226 e. The van der Waals surface area contributed by atoms with Crippen LogP contribution in [0.5, 0.6) is 5.88 Å². The molecule has 5 nitrogen and oxygen atoms in total. The van der Waals surface area contributed by atoms with Crippen LogP contribution in [-0.2, 0) is 0 Å². The molecule has 20 heavy (non-hydrogen) atoms. The molecule has 0 aliphatic heterocycles.